The number of nitrogens with one attached hydrogen (secondary N) is 1. The first-order valence-electron chi connectivity index (χ1n) is 5.09. The third kappa shape index (κ3) is 2.83. The number of nitrogens with zero attached hydrogens (tertiary/aromatic N) is 4. The molecular weight excluding hydrogens is 302 g/mol. The molecule has 0 aliphatic carbocycles. The van der Waals surface area contributed by atoms with E-state index in [1.165, 1.54) is 12.1 Å². The van der Waals surface area contributed by atoms with E-state index in [1.54, 1.807) is 24.0 Å². The van der Waals surface area contributed by atoms with Gasteiger partial charge in [0.25, 0.3) is 5.69 Å². The highest BCUT2D eigenvalue weighted by molar-refractivity contribution is 9.10. The maximum atomic E-state index is 10.6. The predicted octanol–water partition coefficient (Wildman–Crippen LogP) is 2.10. The average Bonchev–Trinajstić information content (AvgIpc) is 2.73. The van der Waals surface area contributed by atoms with Gasteiger partial charge in [0.15, 0.2) is 0 Å². The van der Waals surface area contributed by atoms with Crippen LogP contribution in [-0.4, -0.2) is 19.9 Å². The van der Waals surface area contributed by atoms with E-state index in [0.717, 1.165) is 11.4 Å². The van der Waals surface area contributed by atoms with Crippen molar-refractivity contribution in [3.8, 4) is 0 Å². The molecule has 0 atom stereocenters. The number of anilines is 1. The van der Waals surface area contributed by atoms with Gasteiger partial charge < -0.3 is 5.32 Å². The van der Waals surface area contributed by atoms with Gasteiger partial charge in [-0.3, -0.25) is 14.8 Å². The number of nitro benzene ring substituents is 1. The second-order valence-electron chi connectivity index (χ2n) is 3.66. The van der Waals surface area contributed by atoms with Gasteiger partial charge in [0.05, 0.1) is 11.5 Å². The molecule has 0 aliphatic heterocycles. The standard InChI is InChI=1S/C10H10BrN5O2/c1-15-6-7(13-14-15)5-12-10-3-2-8(16(17)18)4-9(10)11/h2-4,6,12H,5H2,1H3. The van der Waals surface area contributed by atoms with Crippen LogP contribution >= 0.6 is 15.9 Å². The summed E-state index contributed by atoms with van der Waals surface area (Å²) in [5, 5.41) is 21.5. The lowest BCUT2D eigenvalue weighted by molar-refractivity contribution is -0.384. The van der Waals surface area contributed by atoms with Crippen molar-refractivity contribution in [1.29, 1.82) is 0 Å². The molecule has 2 rings (SSSR count). The molecular formula is C10H10BrN5O2. The number of rotatable bonds is 4. The van der Waals surface area contributed by atoms with E-state index in [4.69, 9.17) is 0 Å². The first-order valence-corrected chi connectivity index (χ1v) is 5.88. The van der Waals surface area contributed by atoms with Crippen LogP contribution in [-0.2, 0) is 13.6 Å². The van der Waals surface area contributed by atoms with Crippen molar-refractivity contribution in [3.63, 3.8) is 0 Å². The number of benzene rings is 1. The van der Waals surface area contributed by atoms with Crippen LogP contribution in [0.3, 0.4) is 0 Å². The summed E-state index contributed by atoms with van der Waals surface area (Å²) in [6.07, 6.45) is 1.80. The summed E-state index contributed by atoms with van der Waals surface area (Å²) < 4.78 is 2.25. The lowest BCUT2D eigenvalue weighted by Crippen LogP contribution is -2.01. The Balaban J connectivity index is 2.08. The molecule has 0 saturated carbocycles. The first kappa shape index (κ1) is 12.5. The summed E-state index contributed by atoms with van der Waals surface area (Å²) in [5.74, 6) is 0. The van der Waals surface area contributed by atoms with E-state index in [9.17, 15) is 10.1 Å². The molecule has 1 heterocycles. The summed E-state index contributed by atoms with van der Waals surface area (Å²) in [4.78, 5) is 10.2. The highest BCUT2D eigenvalue weighted by Gasteiger charge is 2.09. The highest BCUT2D eigenvalue weighted by Crippen LogP contribution is 2.27. The van der Waals surface area contributed by atoms with Crippen LogP contribution in [0.25, 0.3) is 0 Å². The fourth-order valence-electron chi connectivity index (χ4n) is 1.42. The van der Waals surface area contributed by atoms with E-state index >= 15 is 0 Å². The molecule has 94 valence electrons. The number of nitro groups is 1. The van der Waals surface area contributed by atoms with Gasteiger partial charge >= 0.3 is 0 Å². The zero-order valence-corrected chi connectivity index (χ0v) is 11.1. The van der Waals surface area contributed by atoms with Gasteiger partial charge in [0.1, 0.15) is 5.69 Å². The molecule has 0 fully saturated rings. The number of aromatic nitrogens is 3. The van der Waals surface area contributed by atoms with Crippen molar-refractivity contribution in [1.82, 2.24) is 15.0 Å². The van der Waals surface area contributed by atoms with Crippen LogP contribution in [0, 0.1) is 10.1 Å². The Kier molecular flexibility index (Phi) is 3.56. The average molecular weight is 312 g/mol. The fraction of sp³-hybridized carbons (Fsp3) is 0.200. The van der Waals surface area contributed by atoms with Gasteiger partial charge in [-0.15, -0.1) is 5.10 Å². The molecule has 1 aromatic heterocycles. The van der Waals surface area contributed by atoms with Crippen LogP contribution < -0.4 is 5.32 Å². The van der Waals surface area contributed by atoms with Crippen LogP contribution in [0.2, 0.25) is 0 Å². The van der Waals surface area contributed by atoms with Gasteiger partial charge in [0.2, 0.25) is 0 Å². The number of halogens is 1. The minimum absolute atomic E-state index is 0.0481. The minimum atomic E-state index is -0.433. The summed E-state index contributed by atoms with van der Waals surface area (Å²) in [7, 11) is 1.79. The van der Waals surface area contributed by atoms with Gasteiger partial charge in [-0.05, 0) is 22.0 Å². The van der Waals surface area contributed by atoms with E-state index < -0.39 is 4.92 Å². The van der Waals surface area contributed by atoms with E-state index in [2.05, 4.69) is 31.6 Å². The zero-order chi connectivity index (χ0) is 13.1. The molecule has 0 amide bonds. The smallest absolute Gasteiger partial charge is 0.270 e. The SMILES string of the molecule is Cn1cc(CNc2ccc([N+](=O)[O-])cc2Br)nn1. The van der Waals surface area contributed by atoms with Crippen molar-refractivity contribution in [2.75, 3.05) is 5.32 Å². The summed E-state index contributed by atoms with van der Waals surface area (Å²) >= 11 is 3.29. The fourth-order valence-corrected chi connectivity index (χ4v) is 1.93. The molecule has 7 nitrogen and oxygen atoms in total. The monoisotopic (exact) mass is 311 g/mol. The van der Waals surface area contributed by atoms with Crippen LogP contribution in [0.1, 0.15) is 5.69 Å². The molecule has 1 N–H and O–H groups in total. The van der Waals surface area contributed by atoms with Gasteiger partial charge in [-0.1, -0.05) is 5.21 Å². The maximum Gasteiger partial charge on any atom is 0.270 e. The van der Waals surface area contributed by atoms with Crippen molar-refractivity contribution in [2.24, 2.45) is 7.05 Å². The Morgan fingerprint density at radius 1 is 1.56 bits per heavy atom. The second kappa shape index (κ2) is 5.13. The molecule has 2 aromatic rings. The Labute approximate surface area is 111 Å². The minimum Gasteiger partial charge on any atom is -0.378 e. The number of hydrogen-bond donors (Lipinski definition) is 1. The Morgan fingerprint density at radius 2 is 2.33 bits per heavy atom. The van der Waals surface area contributed by atoms with Gasteiger partial charge in [0, 0.05) is 35.5 Å². The molecule has 0 bridgehead atoms. The predicted molar refractivity (Wildman–Crippen MR) is 69.1 cm³/mol. The molecule has 0 aliphatic rings. The van der Waals surface area contributed by atoms with Gasteiger partial charge in [-0.2, -0.15) is 0 Å². The van der Waals surface area contributed by atoms with E-state index in [0.29, 0.717) is 11.0 Å². The molecule has 0 spiro atoms. The Bertz CT molecular complexity index is 583. The third-order valence-electron chi connectivity index (χ3n) is 2.27. The zero-order valence-electron chi connectivity index (χ0n) is 9.50. The normalized spacial score (nSPS) is 10.3. The first-order chi connectivity index (χ1) is 8.56. The quantitative estimate of drug-likeness (QED) is 0.690. The molecule has 8 heteroatoms. The highest BCUT2D eigenvalue weighted by atomic mass is 79.9. The van der Waals surface area contributed by atoms with E-state index in [1.807, 2.05) is 0 Å². The lowest BCUT2D eigenvalue weighted by atomic mass is 10.3. The third-order valence-corrected chi connectivity index (χ3v) is 2.93. The molecule has 1 aromatic carbocycles. The van der Waals surface area contributed by atoms with Crippen molar-refractivity contribution in [3.05, 3.63) is 44.7 Å². The number of aryl methyl sites for hydroxylation is 1. The Morgan fingerprint density at radius 3 is 2.89 bits per heavy atom. The molecule has 0 unspecified atom stereocenters. The summed E-state index contributed by atoms with van der Waals surface area (Å²) in [5.41, 5.74) is 1.61. The number of hydrogen-bond acceptors (Lipinski definition) is 5. The molecule has 18 heavy (non-hydrogen) atoms. The van der Waals surface area contributed by atoms with Crippen molar-refractivity contribution in [2.45, 2.75) is 6.54 Å². The molecule has 0 radical (unpaired) electrons. The number of non-ortho nitro benzene ring substituents is 1. The summed E-state index contributed by atoms with van der Waals surface area (Å²) in [6.45, 7) is 0.504. The topological polar surface area (TPSA) is 85.9 Å². The second-order valence-corrected chi connectivity index (χ2v) is 4.51. The van der Waals surface area contributed by atoms with Gasteiger partial charge in [-0.25, -0.2) is 0 Å². The van der Waals surface area contributed by atoms with E-state index in [-0.39, 0.29) is 5.69 Å². The lowest BCUT2D eigenvalue weighted by Gasteiger charge is -2.06. The van der Waals surface area contributed by atoms with Crippen molar-refractivity contribution < 1.29 is 4.92 Å². The van der Waals surface area contributed by atoms with Crippen molar-refractivity contribution >= 4 is 27.3 Å². The summed E-state index contributed by atoms with van der Waals surface area (Å²) in [6, 6.07) is 4.56. The van der Waals surface area contributed by atoms with Crippen LogP contribution in [0.15, 0.2) is 28.9 Å². The maximum absolute atomic E-state index is 10.6. The van der Waals surface area contributed by atoms with Crippen LogP contribution in [0.5, 0.6) is 0 Å². The van der Waals surface area contributed by atoms with Crippen LogP contribution in [0.4, 0.5) is 11.4 Å². The largest absolute Gasteiger partial charge is 0.378 e. The Hall–Kier alpha value is -1.96. The molecule has 0 saturated heterocycles.